The molecule has 0 bridgehead atoms. The number of nitrogens with zero attached hydrogens (tertiary/aromatic N) is 3. The Labute approximate surface area is 207 Å². The van der Waals surface area contributed by atoms with E-state index in [4.69, 9.17) is 24.5 Å². The summed E-state index contributed by atoms with van der Waals surface area (Å²) in [4.78, 5) is 29.0. The van der Waals surface area contributed by atoms with Crippen LogP contribution in [-0.4, -0.2) is 81.7 Å². The molecule has 0 amide bonds. The maximum atomic E-state index is 10.6. The third-order valence-corrected chi connectivity index (χ3v) is 5.32. The number of carboxylic acids is 2. The normalized spacial score (nSPS) is 21.1. The summed E-state index contributed by atoms with van der Waals surface area (Å²) < 4.78 is 69.5. The number of hydrogen-bond acceptors (Lipinski definition) is 7. The Hall–Kier alpha value is -3.46. The number of aliphatic carboxylic acids is 2. The van der Waals surface area contributed by atoms with Gasteiger partial charge in [-0.15, -0.1) is 0 Å². The average molecular weight is 538 g/mol. The summed E-state index contributed by atoms with van der Waals surface area (Å²) in [5, 5.41) is 17.7. The molecule has 4 heterocycles. The van der Waals surface area contributed by atoms with Crippen LogP contribution in [0.4, 0.5) is 32.2 Å². The van der Waals surface area contributed by atoms with E-state index in [9.17, 15) is 26.3 Å². The van der Waals surface area contributed by atoms with Crippen LogP contribution in [0.1, 0.15) is 5.69 Å². The van der Waals surface area contributed by atoms with Crippen LogP contribution in [0, 0.1) is 11.8 Å². The lowest BCUT2D eigenvalue weighted by atomic mass is 9.93. The van der Waals surface area contributed by atoms with Crippen LogP contribution >= 0.6 is 0 Å². The first-order chi connectivity index (χ1) is 17.3. The number of hydrogen-bond donors (Lipinski definition) is 3. The molecule has 204 valence electrons. The summed E-state index contributed by atoms with van der Waals surface area (Å²) in [7, 11) is 0. The highest BCUT2D eigenvalue weighted by Crippen LogP contribution is 2.34. The number of carboxylic acid groups (broad SMARTS) is 2. The topological polar surface area (TPSA) is 125 Å². The molecule has 2 aromatic heterocycles. The van der Waals surface area contributed by atoms with E-state index >= 15 is 0 Å². The van der Waals surface area contributed by atoms with Crippen molar-refractivity contribution in [3.8, 4) is 0 Å². The summed E-state index contributed by atoms with van der Waals surface area (Å²) in [6.45, 7) is 4.80. The molecule has 9 nitrogen and oxygen atoms in total. The molecule has 0 aromatic carbocycles. The molecule has 3 atom stereocenters. The van der Waals surface area contributed by atoms with Crippen molar-refractivity contribution in [2.75, 3.05) is 31.6 Å². The third-order valence-electron chi connectivity index (χ3n) is 5.32. The van der Waals surface area contributed by atoms with Gasteiger partial charge in [-0.2, -0.15) is 26.3 Å². The predicted molar refractivity (Wildman–Crippen MR) is 116 cm³/mol. The highest BCUT2D eigenvalue weighted by Gasteiger charge is 2.43. The Balaban J connectivity index is 0.000000286. The van der Waals surface area contributed by atoms with Crippen molar-refractivity contribution >= 4 is 17.8 Å². The van der Waals surface area contributed by atoms with Gasteiger partial charge in [0.05, 0.1) is 18.4 Å². The van der Waals surface area contributed by atoms with E-state index < -0.39 is 24.3 Å². The Kier molecular flexibility index (Phi) is 10.6. The zero-order valence-corrected chi connectivity index (χ0v) is 19.1. The minimum absolute atomic E-state index is 0.370. The van der Waals surface area contributed by atoms with Gasteiger partial charge in [-0.1, -0.05) is 12.1 Å². The standard InChI is InChI=1S/C18H22N4O.2C2HF3O2/c1-3-7-19-15(5-1)10-22-11-16-14(13-23-17(16)12-22)9-21-18-6-2-4-8-20-18;2*3-2(4,5)1(6)7/h1-8,14,16-17H,9-13H2,(H,20,21);2*(H,6,7)/t14-,16+,17+;;/m0../s1. The molecule has 0 aliphatic carbocycles. The summed E-state index contributed by atoms with van der Waals surface area (Å²) in [6, 6.07) is 12.1. The first kappa shape index (κ1) is 29.8. The maximum absolute atomic E-state index is 10.6. The number of pyridine rings is 2. The van der Waals surface area contributed by atoms with Crippen molar-refractivity contribution in [3.05, 3.63) is 54.5 Å². The summed E-state index contributed by atoms with van der Waals surface area (Å²) in [5.41, 5.74) is 1.13. The molecule has 2 saturated heterocycles. The smallest absolute Gasteiger partial charge is 0.475 e. The van der Waals surface area contributed by atoms with Gasteiger partial charge in [0.1, 0.15) is 5.82 Å². The second-order valence-corrected chi connectivity index (χ2v) is 8.01. The molecule has 0 spiro atoms. The number of ether oxygens (including phenoxy) is 1. The number of halogens is 6. The Morgan fingerprint density at radius 2 is 1.51 bits per heavy atom. The molecule has 4 rings (SSSR count). The van der Waals surface area contributed by atoms with Gasteiger partial charge in [-0.05, 0) is 24.3 Å². The zero-order valence-electron chi connectivity index (χ0n) is 19.1. The number of fused-ring (bicyclic) bond motifs is 1. The highest BCUT2D eigenvalue weighted by molar-refractivity contribution is 5.73. The van der Waals surface area contributed by atoms with Crippen LogP contribution in [0.2, 0.25) is 0 Å². The average Bonchev–Trinajstić information content (AvgIpc) is 3.39. The van der Waals surface area contributed by atoms with Crippen molar-refractivity contribution in [1.29, 1.82) is 0 Å². The lowest BCUT2D eigenvalue weighted by molar-refractivity contribution is -0.193. The summed E-state index contributed by atoms with van der Waals surface area (Å²) in [6.07, 6.45) is -6.11. The van der Waals surface area contributed by atoms with E-state index in [1.165, 1.54) is 0 Å². The number of likely N-dealkylation sites (tertiary alicyclic amines) is 1. The summed E-state index contributed by atoms with van der Waals surface area (Å²) in [5.74, 6) is -3.41. The van der Waals surface area contributed by atoms with Crippen LogP contribution in [0.15, 0.2) is 48.8 Å². The molecule has 3 N–H and O–H groups in total. The first-order valence-electron chi connectivity index (χ1n) is 10.8. The van der Waals surface area contributed by atoms with E-state index in [2.05, 4.69) is 32.3 Å². The summed E-state index contributed by atoms with van der Waals surface area (Å²) >= 11 is 0. The van der Waals surface area contributed by atoms with E-state index in [0.717, 1.165) is 44.3 Å². The van der Waals surface area contributed by atoms with Crippen molar-refractivity contribution in [3.63, 3.8) is 0 Å². The van der Waals surface area contributed by atoms with Crippen molar-refractivity contribution in [2.45, 2.75) is 25.0 Å². The van der Waals surface area contributed by atoms with Crippen molar-refractivity contribution in [1.82, 2.24) is 14.9 Å². The molecule has 2 aliphatic heterocycles. The van der Waals surface area contributed by atoms with Gasteiger partial charge >= 0.3 is 24.3 Å². The fraction of sp³-hybridized carbons (Fsp3) is 0.455. The van der Waals surface area contributed by atoms with E-state index in [1.807, 2.05) is 36.7 Å². The van der Waals surface area contributed by atoms with Gasteiger partial charge in [0.2, 0.25) is 0 Å². The first-order valence-corrected chi connectivity index (χ1v) is 10.8. The molecular weight excluding hydrogens is 514 g/mol. The molecule has 15 heteroatoms. The molecular formula is C22H24F6N4O5. The highest BCUT2D eigenvalue weighted by atomic mass is 19.4. The van der Waals surface area contributed by atoms with E-state index in [0.29, 0.717) is 17.9 Å². The Morgan fingerprint density at radius 1 is 0.946 bits per heavy atom. The second kappa shape index (κ2) is 13.2. The van der Waals surface area contributed by atoms with Crippen LogP contribution < -0.4 is 5.32 Å². The van der Waals surface area contributed by atoms with Crippen LogP contribution in [0.3, 0.4) is 0 Å². The van der Waals surface area contributed by atoms with Crippen LogP contribution in [0.5, 0.6) is 0 Å². The number of alkyl halides is 6. The van der Waals surface area contributed by atoms with Gasteiger partial charge in [0.25, 0.3) is 0 Å². The molecule has 2 aliphatic rings. The predicted octanol–water partition coefficient (Wildman–Crippen LogP) is 3.30. The van der Waals surface area contributed by atoms with Crippen LogP contribution in [0.25, 0.3) is 0 Å². The SMILES string of the molecule is O=C(O)C(F)(F)F.O=C(O)C(F)(F)F.c1ccc(CN2C[C@@H]3[C@@H](CNc4ccccn4)CO[C@@H]3C2)nc1. The molecule has 0 radical (unpaired) electrons. The molecule has 0 unspecified atom stereocenters. The largest absolute Gasteiger partial charge is 0.490 e. The number of nitrogens with one attached hydrogen (secondary N) is 1. The fourth-order valence-electron chi connectivity index (χ4n) is 3.64. The van der Waals surface area contributed by atoms with E-state index in [-0.39, 0.29) is 0 Å². The third kappa shape index (κ3) is 10.2. The fourth-order valence-corrected chi connectivity index (χ4v) is 3.64. The minimum Gasteiger partial charge on any atom is -0.475 e. The van der Waals surface area contributed by atoms with Crippen LogP contribution in [-0.2, 0) is 20.9 Å². The molecule has 2 aromatic rings. The van der Waals surface area contributed by atoms with Gasteiger partial charge < -0.3 is 20.3 Å². The molecule has 37 heavy (non-hydrogen) atoms. The van der Waals surface area contributed by atoms with Gasteiger partial charge in [0.15, 0.2) is 0 Å². The monoisotopic (exact) mass is 538 g/mol. The number of aromatic nitrogens is 2. The molecule has 0 saturated carbocycles. The quantitative estimate of drug-likeness (QED) is 0.492. The number of carbonyl (C=O) groups is 2. The Morgan fingerprint density at radius 3 is 2.00 bits per heavy atom. The molecule has 2 fully saturated rings. The van der Waals surface area contributed by atoms with Gasteiger partial charge in [-0.3, -0.25) is 9.88 Å². The van der Waals surface area contributed by atoms with Crippen molar-refractivity contribution in [2.24, 2.45) is 11.8 Å². The number of rotatable bonds is 5. The van der Waals surface area contributed by atoms with Crippen molar-refractivity contribution < 1.29 is 50.9 Å². The second-order valence-electron chi connectivity index (χ2n) is 8.01. The lowest BCUT2D eigenvalue weighted by Gasteiger charge is -2.19. The Bertz CT molecular complexity index is 971. The van der Waals surface area contributed by atoms with Gasteiger partial charge in [-0.25, -0.2) is 14.6 Å². The number of anilines is 1. The lowest BCUT2D eigenvalue weighted by Crippen LogP contribution is -2.27. The van der Waals surface area contributed by atoms with Gasteiger partial charge in [0, 0.05) is 50.4 Å². The van der Waals surface area contributed by atoms with E-state index in [1.54, 1.807) is 0 Å². The zero-order chi connectivity index (χ0) is 27.6. The maximum Gasteiger partial charge on any atom is 0.490 e. The minimum atomic E-state index is -5.08.